The summed E-state index contributed by atoms with van der Waals surface area (Å²) < 4.78 is 60.9. The van der Waals surface area contributed by atoms with Gasteiger partial charge in [-0.1, -0.05) is 24.3 Å². The molecule has 0 atom stereocenters. The molecular weight excluding hydrogens is 417 g/mol. The quantitative estimate of drug-likeness (QED) is 0.610. The first-order valence-electron chi connectivity index (χ1n) is 8.37. The molecule has 1 aromatic carbocycles. The Labute approximate surface area is 164 Å². The number of urea groups is 1. The van der Waals surface area contributed by atoms with Crippen LogP contribution in [0.25, 0.3) is 0 Å². The maximum Gasteiger partial charge on any atom is 0.416 e. The Morgan fingerprint density at radius 3 is 2.61 bits per heavy atom. The molecule has 0 aliphatic carbocycles. The number of anilines is 2. The van der Waals surface area contributed by atoms with E-state index in [2.05, 4.69) is 20.8 Å². The number of aromatic nitrogens is 2. The van der Waals surface area contributed by atoms with Crippen LogP contribution in [0.1, 0.15) is 30.3 Å². The zero-order valence-corrected chi connectivity index (χ0v) is 16.5. The molecule has 0 bridgehead atoms. The van der Waals surface area contributed by atoms with Crippen LogP contribution in [-0.2, 0) is 22.4 Å². The minimum atomic E-state index is -4.50. The van der Waals surface area contributed by atoms with Gasteiger partial charge in [0.1, 0.15) is 14.8 Å². The second-order valence-electron chi connectivity index (χ2n) is 5.85. The van der Waals surface area contributed by atoms with E-state index < -0.39 is 27.6 Å². The first kappa shape index (κ1) is 22.1. The van der Waals surface area contributed by atoms with Gasteiger partial charge in [0.05, 0.1) is 11.3 Å². The second-order valence-corrected chi connectivity index (χ2v) is 9.39. The molecule has 0 saturated heterocycles. The maximum absolute atomic E-state index is 12.7. The third-order valence-corrected chi connectivity index (χ3v) is 6.36. The summed E-state index contributed by atoms with van der Waals surface area (Å²) >= 11 is 1.12. The number of nitrogens with one attached hydrogen (secondary N) is 2. The molecule has 154 valence electrons. The number of hydrogen-bond acceptors (Lipinski definition) is 6. The number of benzene rings is 1. The van der Waals surface area contributed by atoms with E-state index in [4.69, 9.17) is 0 Å². The third kappa shape index (κ3) is 7.08. The van der Waals surface area contributed by atoms with Gasteiger partial charge in [0.25, 0.3) is 0 Å². The normalized spacial score (nSPS) is 12.0. The number of halogens is 3. The molecular formula is C16H19F3N4O3S2. The van der Waals surface area contributed by atoms with Crippen molar-refractivity contribution in [1.29, 1.82) is 0 Å². The van der Waals surface area contributed by atoms with Crippen molar-refractivity contribution in [1.82, 2.24) is 10.2 Å². The largest absolute Gasteiger partial charge is 0.416 e. The minimum absolute atomic E-state index is 0.00537. The fourth-order valence-electron chi connectivity index (χ4n) is 2.18. The molecule has 7 nitrogen and oxygen atoms in total. The van der Waals surface area contributed by atoms with Crippen molar-refractivity contribution in [2.75, 3.05) is 22.1 Å². The zero-order chi connectivity index (χ0) is 20.8. The monoisotopic (exact) mass is 436 g/mol. The smallest absolute Gasteiger partial charge is 0.308 e. The lowest BCUT2D eigenvalue weighted by Crippen LogP contribution is -2.19. The summed E-state index contributed by atoms with van der Waals surface area (Å²) in [5.41, 5.74) is -0.872. The van der Waals surface area contributed by atoms with Gasteiger partial charge in [-0.25, -0.2) is 13.2 Å². The number of carbonyl (C=O) groups is 1. The van der Waals surface area contributed by atoms with Crippen LogP contribution in [0.15, 0.2) is 24.3 Å². The predicted octanol–water partition coefficient (Wildman–Crippen LogP) is 3.96. The Morgan fingerprint density at radius 2 is 1.93 bits per heavy atom. The van der Waals surface area contributed by atoms with E-state index in [-0.39, 0.29) is 22.3 Å². The SMILES string of the molecule is CCS(=O)(=O)CCCCc1nnc(NC(=O)Nc2cccc(C(F)(F)F)c2)s1. The van der Waals surface area contributed by atoms with Crippen molar-refractivity contribution in [3.05, 3.63) is 34.8 Å². The molecule has 0 fully saturated rings. The standard InChI is InChI=1S/C16H19F3N4O3S2/c1-2-28(25,26)9-4-3-8-13-22-23-15(27-13)21-14(24)20-12-7-5-6-11(10-12)16(17,18)19/h5-7,10H,2-4,8-9H2,1H3,(H2,20,21,23,24). The van der Waals surface area contributed by atoms with Crippen molar-refractivity contribution in [3.8, 4) is 0 Å². The Kier molecular flexibility index (Phi) is 7.35. The highest BCUT2D eigenvalue weighted by atomic mass is 32.2. The van der Waals surface area contributed by atoms with E-state index >= 15 is 0 Å². The van der Waals surface area contributed by atoms with Crippen molar-refractivity contribution >= 4 is 38.0 Å². The molecule has 0 spiro atoms. The first-order valence-corrected chi connectivity index (χ1v) is 11.0. The number of carbonyl (C=O) groups excluding carboxylic acids is 1. The highest BCUT2D eigenvalue weighted by molar-refractivity contribution is 7.91. The number of sulfone groups is 1. The van der Waals surface area contributed by atoms with E-state index in [9.17, 15) is 26.4 Å². The lowest BCUT2D eigenvalue weighted by Gasteiger charge is -2.09. The van der Waals surface area contributed by atoms with Crippen LogP contribution in [-0.4, -0.2) is 36.2 Å². The third-order valence-electron chi connectivity index (χ3n) is 3.67. The van der Waals surface area contributed by atoms with E-state index in [0.717, 1.165) is 23.5 Å². The molecule has 0 saturated carbocycles. The summed E-state index contributed by atoms with van der Waals surface area (Å²) in [7, 11) is -3.00. The highest BCUT2D eigenvalue weighted by Gasteiger charge is 2.30. The van der Waals surface area contributed by atoms with Crippen molar-refractivity contribution in [2.24, 2.45) is 0 Å². The number of nitrogens with zero attached hydrogens (tertiary/aromatic N) is 2. The van der Waals surface area contributed by atoms with Crippen LogP contribution >= 0.6 is 11.3 Å². The molecule has 2 amide bonds. The van der Waals surface area contributed by atoms with Crippen molar-refractivity contribution < 1.29 is 26.4 Å². The molecule has 2 N–H and O–H groups in total. The number of hydrogen-bond donors (Lipinski definition) is 2. The van der Waals surface area contributed by atoms with Crippen LogP contribution in [0.3, 0.4) is 0 Å². The van der Waals surface area contributed by atoms with Crippen molar-refractivity contribution in [2.45, 2.75) is 32.4 Å². The van der Waals surface area contributed by atoms with Crippen LogP contribution in [0.2, 0.25) is 0 Å². The topological polar surface area (TPSA) is 101 Å². The average molecular weight is 436 g/mol. The van der Waals surface area contributed by atoms with Gasteiger partial charge < -0.3 is 5.32 Å². The first-order chi connectivity index (χ1) is 13.1. The van der Waals surface area contributed by atoms with Gasteiger partial charge in [-0.05, 0) is 31.0 Å². The van der Waals surface area contributed by atoms with E-state index in [1.807, 2.05) is 0 Å². The molecule has 0 radical (unpaired) electrons. The number of aryl methyl sites for hydroxylation is 1. The molecule has 1 heterocycles. The maximum atomic E-state index is 12.7. The number of amides is 2. The molecule has 2 aromatic rings. The summed E-state index contributed by atoms with van der Waals surface area (Å²) in [4.78, 5) is 11.9. The summed E-state index contributed by atoms with van der Waals surface area (Å²) in [6.45, 7) is 1.60. The molecule has 2 rings (SSSR count). The van der Waals surface area contributed by atoms with Crippen LogP contribution in [0.5, 0.6) is 0 Å². The Bertz CT molecular complexity index is 914. The van der Waals surface area contributed by atoms with Gasteiger partial charge in [0.15, 0.2) is 0 Å². The Hall–Kier alpha value is -2.21. The van der Waals surface area contributed by atoms with E-state index in [1.165, 1.54) is 12.1 Å². The molecule has 1 aromatic heterocycles. The number of rotatable bonds is 8. The van der Waals surface area contributed by atoms with Gasteiger partial charge in [-0.2, -0.15) is 13.2 Å². The lowest BCUT2D eigenvalue weighted by molar-refractivity contribution is -0.137. The molecule has 0 aliphatic rings. The van der Waals surface area contributed by atoms with Crippen LogP contribution < -0.4 is 10.6 Å². The fourth-order valence-corrected chi connectivity index (χ4v) is 3.89. The van der Waals surface area contributed by atoms with Gasteiger partial charge >= 0.3 is 12.2 Å². The fraction of sp³-hybridized carbons (Fsp3) is 0.438. The molecule has 28 heavy (non-hydrogen) atoms. The van der Waals surface area contributed by atoms with E-state index in [0.29, 0.717) is 24.3 Å². The Morgan fingerprint density at radius 1 is 1.18 bits per heavy atom. The zero-order valence-electron chi connectivity index (χ0n) is 14.9. The summed E-state index contributed by atoms with van der Waals surface area (Å²) in [5.74, 6) is 0.230. The van der Waals surface area contributed by atoms with Gasteiger partial charge in [0.2, 0.25) is 5.13 Å². The molecule has 12 heteroatoms. The lowest BCUT2D eigenvalue weighted by atomic mass is 10.2. The number of unbranched alkanes of at least 4 members (excludes halogenated alkanes) is 1. The molecule has 0 aliphatic heterocycles. The van der Waals surface area contributed by atoms with Gasteiger partial charge in [-0.3, -0.25) is 5.32 Å². The summed E-state index contributed by atoms with van der Waals surface area (Å²) in [5, 5.41) is 13.2. The van der Waals surface area contributed by atoms with Crippen LogP contribution in [0.4, 0.5) is 28.8 Å². The molecule has 0 unspecified atom stereocenters. The Balaban J connectivity index is 1.84. The number of alkyl halides is 3. The average Bonchev–Trinajstić information content (AvgIpc) is 3.05. The van der Waals surface area contributed by atoms with E-state index in [1.54, 1.807) is 6.92 Å². The van der Waals surface area contributed by atoms with Gasteiger partial charge in [-0.15, -0.1) is 10.2 Å². The minimum Gasteiger partial charge on any atom is -0.308 e. The van der Waals surface area contributed by atoms with Crippen LogP contribution in [0, 0.1) is 0 Å². The predicted molar refractivity (Wildman–Crippen MR) is 101 cm³/mol. The highest BCUT2D eigenvalue weighted by Crippen LogP contribution is 2.30. The van der Waals surface area contributed by atoms with Crippen molar-refractivity contribution in [3.63, 3.8) is 0 Å². The summed E-state index contributed by atoms with van der Waals surface area (Å²) in [6.07, 6.45) is -2.86. The second kappa shape index (κ2) is 9.32. The van der Waals surface area contributed by atoms with Gasteiger partial charge in [0, 0.05) is 17.9 Å². The summed E-state index contributed by atoms with van der Waals surface area (Å²) in [6, 6.07) is 3.53.